The molecule has 0 unspecified atom stereocenters. The van der Waals surface area contributed by atoms with Crippen molar-refractivity contribution in [3.63, 3.8) is 0 Å². The molecule has 58 heavy (non-hydrogen) atoms. The van der Waals surface area contributed by atoms with Crippen molar-refractivity contribution in [2.75, 3.05) is 0 Å². The maximum Gasteiger partial charge on any atom is 0.120 e. The Balaban J connectivity index is 0.000000192. The van der Waals surface area contributed by atoms with Crippen LogP contribution in [0.4, 0.5) is 0 Å². The molecule has 3 nitrogen and oxygen atoms in total. The normalized spacial score (nSPS) is 12.7. The third kappa shape index (κ3) is 8.73. The smallest absolute Gasteiger partial charge is 0.120 e. The number of fused-ring (bicyclic) bond motifs is 3. The largest absolute Gasteiger partial charge is 0.501 e. The molecule has 3 heterocycles. The van der Waals surface area contributed by atoms with Crippen LogP contribution in [0.25, 0.3) is 77.8 Å². The Bertz CT molecular complexity index is 2970. The van der Waals surface area contributed by atoms with Crippen LogP contribution < -0.4 is 5.19 Å². The Morgan fingerprint density at radius 1 is 0.655 bits per heavy atom. The van der Waals surface area contributed by atoms with Gasteiger partial charge in [-0.2, -0.15) is 0 Å². The second-order valence-corrected chi connectivity index (χ2v) is 20.6. The third-order valence-corrected chi connectivity index (χ3v) is 12.3. The van der Waals surface area contributed by atoms with Gasteiger partial charge < -0.3 is 14.4 Å². The zero-order chi connectivity index (χ0) is 42.9. The summed E-state index contributed by atoms with van der Waals surface area (Å²) in [7, 11) is -1.40. The third-order valence-electron chi connectivity index (χ3n) is 10.3. The summed E-state index contributed by atoms with van der Waals surface area (Å²) in [5, 5.41) is 3.39. The first-order valence-electron chi connectivity index (χ1n) is 21.2. The number of furan rings is 1. The van der Waals surface area contributed by atoms with E-state index in [1.807, 2.05) is 98.9 Å². The minimum atomic E-state index is -2.19. The molecule has 0 saturated carbocycles. The van der Waals surface area contributed by atoms with Gasteiger partial charge in [-0.1, -0.05) is 166 Å². The molecule has 1 radical (unpaired) electrons. The van der Waals surface area contributed by atoms with Crippen LogP contribution in [0.2, 0.25) is 19.6 Å². The van der Waals surface area contributed by atoms with Crippen molar-refractivity contribution < 1.29 is 30.0 Å². The van der Waals surface area contributed by atoms with Crippen molar-refractivity contribution in [3.05, 3.63) is 187 Å². The zero-order valence-electron chi connectivity index (χ0n) is 37.2. The van der Waals surface area contributed by atoms with E-state index in [4.69, 9.17) is 9.90 Å². The Morgan fingerprint density at radius 3 is 2.05 bits per heavy atom. The van der Waals surface area contributed by atoms with Gasteiger partial charge in [0.15, 0.2) is 0 Å². The minimum Gasteiger partial charge on any atom is -0.501 e. The predicted octanol–water partition coefficient (Wildman–Crippen LogP) is 14.0. The van der Waals surface area contributed by atoms with Crippen molar-refractivity contribution in [2.24, 2.45) is 0 Å². The molecule has 0 spiro atoms. The van der Waals surface area contributed by atoms with Crippen LogP contribution in [0, 0.1) is 19.0 Å². The van der Waals surface area contributed by atoms with Gasteiger partial charge in [0.2, 0.25) is 0 Å². The van der Waals surface area contributed by atoms with Gasteiger partial charge in [0.05, 0.1) is 13.7 Å². The van der Waals surface area contributed by atoms with Crippen molar-refractivity contribution in [1.82, 2.24) is 9.97 Å². The van der Waals surface area contributed by atoms with E-state index in [0.717, 1.165) is 66.7 Å². The van der Waals surface area contributed by atoms with Gasteiger partial charge in [-0.15, -0.1) is 47.5 Å². The monoisotopic (exact) mass is 951 g/mol. The van der Waals surface area contributed by atoms with E-state index in [-0.39, 0.29) is 20.1 Å². The van der Waals surface area contributed by atoms with Gasteiger partial charge in [0.1, 0.15) is 5.58 Å². The molecule has 289 valence electrons. The summed E-state index contributed by atoms with van der Waals surface area (Å²) in [5.41, 5.74) is 12.3. The van der Waals surface area contributed by atoms with E-state index in [1.54, 1.807) is 12.3 Å². The molecule has 9 rings (SSSR count). The van der Waals surface area contributed by atoms with Crippen molar-refractivity contribution in [2.45, 2.75) is 46.2 Å². The van der Waals surface area contributed by atoms with Gasteiger partial charge in [-0.05, 0) is 74.6 Å². The average Bonchev–Trinajstić information content (AvgIpc) is 3.65. The number of aryl methyl sites for hydroxylation is 1. The Morgan fingerprint density at radius 2 is 1.36 bits per heavy atom. The van der Waals surface area contributed by atoms with E-state index in [9.17, 15) is 0 Å². The molecular formula is C53H46IrN2OSi-2. The first kappa shape index (κ1) is 35.4. The number of hydrogen-bond acceptors (Lipinski definition) is 3. The van der Waals surface area contributed by atoms with E-state index >= 15 is 0 Å². The Kier molecular flexibility index (Phi) is 10.6. The fourth-order valence-corrected chi connectivity index (χ4v) is 8.03. The second-order valence-electron chi connectivity index (χ2n) is 15.5. The summed E-state index contributed by atoms with van der Waals surface area (Å²) in [6.45, 7) is 8.44. The molecule has 0 amide bonds. The van der Waals surface area contributed by atoms with Gasteiger partial charge in [0.25, 0.3) is 0 Å². The van der Waals surface area contributed by atoms with Crippen LogP contribution in [-0.4, -0.2) is 18.0 Å². The number of benzene rings is 6. The molecule has 0 N–H and O–H groups in total. The molecule has 3 aromatic heterocycles. The SMILES string of the molecule is [2H]C(C)(C)c1ccnc(-c2[c-]ccc3c2oc2ccc(-c4cccc(-c5ccccc5)c4)cc23)c1.[2H]C([2H])([2H])c1c[c-]c(-c2ccc([Si](C)(C)C)cn2)cc1-c1ccccc1.[Ir]. The number of aromatic nitrogens is 2. The summed E-state index contributed by atoms with van der Waals surface area (Å²) in [4.78, 5) is 9.18. The standard InChI is InChI=1S/C32H24NO.C21H22NSi.Ir/c1-21(2)23-16-17-33-30(20-23)28-13-7-12-27-29-19-26(14-15-31(29)34-32(27)28)25-11-6-10-24(18-25)22-8-4-3-5-9-22;1-16-10-11-18(14-20(16)17-8-6-5-7-9-17)21-13-12-19(15-22-21)23(2,3)4;/h3-12,14-21H,1-2H3;5-10,12-15H,1-4H3;/q2*-1;/i21D;1D3;. The molecule has 0 atom stereocenters. The number of pyridine rings is 2. The summed E-state index contributed by atoms with van der Waals surface area (Å²) in [5.74, 6) is -0.706. The van der Waals surface area contributed by atoms with Crippen molar-refractivity contribution in [1.29, 1.82) is 0 Å². The number of hydrogen-bond donors (Lipinski definition) is 0. The minimum absolute atomic E-state index is 0. The molecule has 0 fully saturated rings. The van der Waals surface area contributed by atoms with Crippen LogP contribution in [0.1, 0.15) is 36.4 Å². The second kappa shape index (κ2) is 17.4. The van der Waals surface area contributed by atoms with Gasteiger partial charge in [-0.3, -0.25) is 0 Å². The molecule has 0 bridgehead atoms. The van der Waals surface area contributed by atoms with Crippen molar-refractivity contribution in [3.8, 4) is 55.9 Å². The molecule has 0 saturated heterocycles. The van der Waals surface area contributed by atoms with Gasteiger partial charge in [-0.25, -0.2) is 0 Å². The predicted molar refractivity (Wildman–Crippen MR) is 242 cm³/mol. The Hall–Kier alpha value is -5.71. The van der Waals surface area contributed by atoms with Crippen LogP contribution >= 0.6 is 0 Å². The molecule has 5 heteroatoms. The van der Waals surface area contributed by atoms with E-state index in [0.29, 0.717) is 11.1 Å². The van der Waals surface area contributed by atoms with Crippen molar-refractivity contribution >= 4 is 35.2 Å². The molecule has 9 aromatic rings. The molecule has 6 aromatic carbocycles. The summed E-state index contributed by atoms with van der Waals surface area (Å²) < 4.78 is 38.2. The topological polar surface area (TPSA) is 38.9 Å². The van der Waals surface area contributed by atoms with E-state index < -0.39 is 20.8 Å². The molecule has 0 aliphatic heterocycles. The van der Waals surface area contributed by atoms with Crippen LogP contribution in [-0.2, 0) is 20.1 Å². The molecular weight excluding hydrogens is 901 g/mol. The quantitative estimate of drug-likeness (QED) is 0.118. The summed E-state index contributed by atoms with van der Waals surface area (Å²) in [6.07, 6.45) is 3.70. The maximum absolute atomic E-state index is 8.40. The van der Waals surface area contributed by atoms with Crippen LogP contribution in [0.15, 0.2) is 168 Å². The zero-order valence-corrected chi connectivity index (χ0v) is 36.6. The first-order valence-corrected chi connectivity index (χ1v) is 22.7. The maximum atomic E-state index is 8.40. The summed E-state index contributed by atoms with van der Waals surface area (Å²) in [6, 6.07) is 56.9. The molecule has 0 aliphatic rings. The first-order chi connectivity index (χ1) is 29.1. The van der Waals surface area contributed by atoms with Crippen LogP contribution in [0.5, 0.6) is 0 Å². The number of nitrogens with zero attached hydrogens (tertiary/aromatic N) is 2. The fraction of sp³-hybridized carbons (Fsp3) is 0.132. The van der Waals surface area contributed by atoms with Gasteiger partial charge >= 0.3 is 0 Å². The van der Waals surface area contributed by atoms with Gasteiger partial charge in [0, 0.05) is 43.4 Å². The average molecular weight is 951 g/mol. The number of rotatable bonds is 7. The van der Waals surface area contributed by atoms with E-state index in [1.165, 1.54) is 16.3 Å². The fourth-order valence-electron chi connectivity index (χ4n) is 6.99. The Labute approximate surface area is 362 Å². The molecule has 0 aliphatic carbocycles. The summed E-state index contributed by atoms with van der Waals surface area (Å²) >= 11 is 0. The van der Waals surface area contributed by atoms with E-state index in [2.05, 4.69) is 108 Å². The van der Waals surface area contributed by atoms with Crippen LogP contribution in [0.3, 0.4) is 0 Å².